The number of unbranched alkanes of at least 4 members (excludes halogenated alkanes) is 4. The largest absolute Gasteiger partial charge is 0.489 e. The molecule has 2 rings (SSSR count). The summed E-state index contributed by atoms with van der Waals surface area (Å²) in [6.45, 7) is 8.90. The van der Waals surface area contributed by atoms with Crippen LogP contribution in [0.2, 0.25) is 0 Å². The van der Waals surface area contributed by atoms with Crippen LogP contribution in [0, 0.1) is 10.1 Å². The molecule has 0 amide bonds. The van der Waals surface area contributed by atoms with Crippen molar-refractivity contribution in [3.8, 4) is 11.5 Å². The second kappa shape index (κ2) is 11.2. The number of hydrogen-bond acceptors (Lipinski definition) is 5. The van der Waals surface area contributed by atoms with E-state index in [0.717, 1.165) is 38.5 Å². The van der Waals surface area contributed by atoms with Crippen LogP contribution in [0.5, 0.6) is 11.5 Å². The van der Waals surface area contributed by atoms with E-state index < -0.39 is 4.92 Å². The summed E-state index contributed by atoms with van der Waals surface area (Å²) in [5.74, 6) is 0.484. The summed E-state index contributed by atoms with van der Waals surface area (Å²) >= 11 is 0. The molecule has 0 radical (unpaired) electrons. The molecule has 0 bridgehead atoms. The topological polar surface area (TPSA) is 83.6 Å². The van der Waals surface area contributed by atoms with Gasteiger partial charge in [0.25, 0.3) is 11.2 Å². The monoisotopic (exact) mass is 402 g/mol. The number of rotatable bonds is 13. The van der Waals surface area contributed by atoms with E-state index in [1.807, 2.05) is 6.92 Å². The first-order valence-electron chi connectivity index (χ1n) is 10.3. The van der Waals surface area contributed by atoms with Gasteiger partial charge in [-0.1, -0.05) is 52.2 Å². The van der Waals surface area contributed by atoms with Gasteiger partial charge >= 0.3 is 0 Å². The minimum absolute atomic E-state index is 0.0570. The predicted molar refractivity (Wildman–Crippen MR) is 115 cm³/mol. The minimum atomic E-state index is -0.453. The number of pyridine rings is 1. The highest BCUT2D eigenvalue weighted by Crippen LogP contribution is 2.35. The molecule has 0 aliphatic carbocycles. The van der Waals surface area contributed by atoms with Gasteiger partial charge in [0, 0.05) is 24.1 Å². The molecule has 7 heteroatoms. The molecule has 0 atom stereocenters. The van der Waals surface area contributed by atoms with Crippen LogP contribution in [-0.4, -0.2) is 22.7 Å². The average Bonchev–Trinajstić information content (AvgIpc) is 2.72. The molecule has 29 heavy (non-hydrogen) atoms. The van der Waals surface area contributed by atoms with Crippen LogP contribution >= 0.6 is 0 Å². The Morgan fingerprint density at radius 3 is 2.52 bits per heavy atom. The predicted octanol–water partition coefficient (Wildman–Crippen LogP) is 5.23. The number of ether oxygens (including phenoxy) is 2. The normalized spacial score (nSPS) is 10.8. The molecule has 0 spiro atoms. The van der Waals surface area contributed by atoms with E-state index in [9.17, 15) is 14.9 Å². The van der Waals surface area contributed by atoms with E-state index in [1.165, 1.54) is 12.1 Å². The van der Waals surface area contributed by atoms with Gasteiger partial charge in [-0.3, -0.25) is 14.9 Å². The fourth-order valence-corrected chi connectivity index (χ4v) is 3.15. The maximum atomic E-state index is 13.2. The Bertz CT molecular complexity index is 904. The summed E-state index contributed by atoms with van der Waals surface area (Å²) in [6, 6.07) is 4.51. The summed E-state index contributed by atoms with van der Waals surface area (Å²) in [6.07, 6.45) is 7.29. The Balaban J connectivity index is 2.65. The highest BCUT2D eigenvalue weighted by Gasteiger charge is 2.21. The molecule has 0 saturated carbocycles. The number of fused-ring (bicyclic) bond motifs is 1. The molecule has 0 saturated heterocycles. The van der Waals surface area contributed by atoms with Crippen molar-refractivity contribution < 1.29 is 14.4 Å². The van der Waals surface area contributed by atoms with E-state index in [4.69, 9.17) is 9.47 Å². The maximum Gasteiger partial charge on any atom is 0.297 e. The van der Waals surface area contributed by atoms with Gasteiger partial charge in [0.05, 0.1) is 17.0 Å². The van der Waals surface area contributed by atoms with Gasteiger partial charge in [-0.05, 0) is 18.9 Å². The quantitative estimate of drug-likeness (QED) is 0.198. The van der Waals surface area contributed by atoms with Crippen molar-refractivity contribution in [2.75, 3.05) is 13.2 Å². The van der Waals surface area contributed by atoms with Crippen LogP contribution in [-0.2, 0) is 6.54 Å². The van der Waals surface area contributed by atoms with E-state index in [0.29, 0.717) is 29.8 Å². The lowest BCUT2D eigenvalue weighted by atomic mass is 10.1. The smallest absolute Gasteiger partial charge is 0.297 e. The second-order valence-electron chi connectivity index (χ2n) is 6.94. The van der Waals surface area contributed by atoms with E-state index >= 15 is 0 Å². The molecule has 7 nitrogen and oxygen atoms in total. The Labute approximate surface area is 171 Å². The number of nitro groups is 1. The third kappa shape index (κ3) is 5.59. The molecule has 0 N–H and O–H groups in total. The Hall–Kier alpha value is -2.83. The summed E-state index contributed by atoms with van der Waals surface area (Å²) in [7, 11) is 0. The summed E-state index contributed by atoms with van der Waals surface area (Å²) in [4.78, 5) is 24.1. The number of aryl methyl sites for hydroxylation is 1. The Morgan fingerprint density at radius 1 is 1.10 bits per heavy atom. The SMILES string of the molecule is C=CCOc1c(OCCCC)c2ccc([N+](=O)[O-])cc2n(CCCCCC)c1=O. The zero-order valence-electron chi connectivity index (χ0n) is 17.3. The van der Waals surface area contributed by atoms with Crippen LogP contribution < -0.4 is 15.0 Å². The molecular formula is C22H30N2O5. The first kappa shape index (κ1) is 22.5. The van der Waals surface area contributed by atoms with Crippen molar-refractivity contribution in [2.45, 2.75) is 58.9 Å². The zero-order valence-corrected chi connectivity index (χ0v) is 17.3. The fourth-order valence-electron chi connectivity index (χ4n) is 3.15. The van der Waals surface area contributed by atoms with E-state index in [-0.39, 0.29) is 23.6 Å². The van der Waals surface area contributed by atoms with Crippen molar-refractivity contribution in [1.82, 2.24) is 4.57 Å². The maximum absolute atomic E-state index is 13.2. The molecule has 1 heterocycles. The van der Waals surface area contributed by atoms with Crippen LogP contribution in [0.25, 0.3) is 10.9 Å². The van der Waals surface area contributed by atoms with Crippen LogP contribution in [0.4, 0.5) is 5.69 Å². The molecular weight excluding hydrogens is 372 g/mol. The van der Waals surface area contributed by atoms with Gasteiger partial charge in [-0.25, -0.2) is 0 Å². The Morgan fingerprint density at radius 2 is 1.86 bits per heavy atom. The number of nitro benzene ring substituents is 1. The first-order valence-corrected chi connectivity index (χ1v) is 10.3. The molecule has 2 aromatic rings. The number of hydrogen-bond donors (Lipinski definition) is 0. The highest BCUT2D eigenvalue weighted by molar-refractivity contribution is 5.89. The summed E-state index contributed by atoms with van der Waals surface area (Å²) in [5.41, 5.74) is 0.111. The van der Waals surface area contributed by atoms with Crippen LogP contribution in [0.1, 0.15) is 52.4 Å². The lowest BCUT2D eigenvalue weighted by Crippen LogP contribution is -2.24. The molecule has 158 valence electrons. The third-order valence-corrected chi connectivity index (χ3v) is 4.70. The van der Waals surface area contributed by atoms with Crippen LogP contribution in [0.15, 0.2) is 35.6 Å². The van der Waals surface area contributed by atoms with Crippen molar-refractivity contribution in [3.63, 3.8) is 0 Å². The minimum Gasteiger partial charge on any atom is -0.489 e. The van der Waals surface area contributed by atoms with E-state index in [2.05, 4.69) is 13.5 Å². The Kier molecular flexibility index (Phi) is 8.70. The standard InChI is InChI=1S/C22H30N2O5/c1-4-7-9-10-13-23-19-16-17(24(26)27)11-12-18(19)20(29-15-8-5-2)21(22(23)25)28-14-6-3/h6,11-12,16H,3-5,7-10,13-15H2,1-2H3. The molecule has 0 aliphatic heterocycles. The highest BCUT2D eigenvalue weighted by atomic mass is 16.6. The number of benzene rings is 1. The van der Waals surface area contributed by atoms with Crippen molar-refractivity contribution >= 4 is 16.6 Å². The van der Waals surface area contributed by atoms with Gasteiger partial charge in [0.1, 0.15) is 6.61 Å². The van der Waals surface area contributed by atoms with Gasteiger partial charge in [-0.15, -0.1) is 0 Å². The summed E-state index contributed by atoms with van der Waals surface area (Å²) < 4.78 is 13.2. The number of nitrogens with zero attached hydrogens (tertiary/aromatic N) is 2. The van der Waals surface area contributed by atoms with Gasteiger partial charge < -0.3 is 14.0 Å². The fraction of sp³-hybridized carbons (Fsp3) is 0.500. The van der Waals surface area contributed by atoms with Gasteiger partial charge in [0.15, 0.2) is 5.75 Å². The van der Waals surface area contributed by atoms with E-state index in [1.54, 1.807) is 16.7 Å². The molecule has 0 aliphatic rings. The summed E-state index contributed by atoms with van der Waals surface area (Å²) in [5, 5.41) is 11.9. The first-order chi connectivity index (χ1) is 14.0. The van der Waals surface area contributed by atoms with Crippen molar-refractivity contribution in [1.29, 1.82) is 0 Å². The molecule has 1 aromatic heterocycles. The molecule has 0 unspecified atom stereocenters. The molecule has 0 fully saturated rings. The average molecular weight is 402 g/mol. The zero-order chi connectivity index (χ0) is 21.2. The number of aromatic nitrogens is 1. The van der Waals surface area contributed by atoms with Gasteiger partial charge in [0.2, 0.25) is 5.75 Å². The lowest BCUT2D eigenvalue weighted by molar-refractivity contribution is -0.384. The van der Waals surface area contributed by atoms with Crippen molar-refractivity contribution in [3.05, 3.63) is 51.3 Å². The third-order valence-electron chi connectivity index (χ3n) is 4.70. The second-order valence-corrected chi connectivity index (χ2v) is 6.94. The van der Waals surface area contributed by atoms with Gasteiger partial charge in [-0.2, -0.15) is 0 Å². The van der Waals surface area contributed by atoms with Crippen molar-refractivity contribution in [2.24, 2.45) is 0 Å². The lowest BCUT2D eigenvalue weighted by Gasteiger charge is -2.18. The van der Waals surface area contributed by atoms with Crippen LogP contribution in [0.3, 0.4) is 0 Å². The molecule has 1 aromatic carbocycles. The number of non-ortho nitro benzene ring substituents is 1.